The van der Waals surface area contributed by atoms with E-state index in [0.29, 0.717) is 5.92 Å². The van der Waals surface area contributed by atoms with Crippen molar-refractivity contribution in [2.45, 2.75) is 39.2 Å². The van der Waals surface area contributed by atoms with Gasteiger partial charge in [0.25, 0.3) is 0 Å². The summed E-state index contributed by atoms with van der Waals surface area (Å²) in [5.74, 6) is 3.30. The molecule has 3 rings (SSSR count). The van der Waals surface area contributed by atoms with E-state index in [1.807, 2.05) is 26.2 Å². The maximum absolute atomic E-state index is 4.62. The number of anilines is 1. The lowest BCUT2D eigenvalue weighted by Gasteiger charge is -2.22. The number of nitrogens with one attached hydrogen (secondary N) is 2. The third kappa shape index (κ3) is 3.62. The van der Waals surface area contributed by atoms with Crippen molar-refractivity contribution in [3.8, 4) is 0 Å². The first-order valence-electron chi connectivity index (χ1n) is 8.00. The average molecular weight is 300 g/mol. The third-order valence-electron chi connectivity index (χ3n) is 4.16. The Morgan fingerprint density at radius 2 is 2.27 bits per heavy atom. The van der Waals surface area contributed by atoms with Gasteiger partial charge in [0.2, 0.25) is 0 Å². The Bertz CT molecular complexity index is 615. The number of piperidine rings is 1. The number of nitrogens with zero attached hydrogens (tertiary/aromatic N) is 4. The van der Waals surface area contributed by atoms with Crippen LogP contribution in [0.4, 0.5) is 5.82 Å². The van der Waals surface area contributed by atoms with Crippen LogP contribution < -0.4 is 10.6 Å². The smallest absolute Gasteiger partial charge is 0.129 e. The molecule has 0 aliphatic carbocycles. The van der Waals surface area contributed by atoms with Crippen molar-refractivity contribution in [2.24, 2.45) is 0 Å². The van der Waals surface area contributed by atoms with E-state index in [2.05, 4.69) is 36.2 Å². The predicted octanol–water partition coefficient (Wildman–Crippen LogP) is 1.87. The second kappa shape index (κ2) is 6.87. The lowest BCUT2D eigenvalue weighted by atomic mass is 9.96. The quantitative estimate of drug-likeness (QED) is 0.882. The minimum Gasteiger partial charge on any atom is -0.368 e. The van der Waals surface area contributed by atoms with Crippen LogP contribution >= 0.6 is 0 Å². The zero-order chi connectivity index (χ0) is 15.4. The fraction of sp³-hybridized carbons (Fsp3) is 0.562. The zero-order valence-corrected chi connectivity index (χ0v) is 13.3. The van der Waals surface area contributed by atoms with Crippen LogP contribution in [0, 0.1) is 13.8 Å². The molecule has 0 bridgehead atoms. The van der Waals surface area contributed by atoms with Gasteiger partial charge in [-0.15, -0.1) is 0 Å². The van der Waals surface area contributed by atoms with Gasteiger partial charge in [0.1, 0.15) is 17.5 Å². The molecule has 1 atom stereocenters. The SMILES string of the molecule is Cc1nc(NCCn2ccnc2C)cc(C2CCCNC2)n1. The minimum absolute atomic E-state index is 0.506. The van der Waals surface area contributed by atoms with Crippen molar-refractivity contribution in [1.82, 2.24) is 24.8 Å². The van der Waals surface area contributed by atoms with Gasteiger partial charge in [0.05, 0.1) is 5.69 Å². The van der Waals surface area contributed by atoms with Gasteiger partial charge in [-0.3, -0.25) is 0 Å². The molecule has 3 heterocycles. The zero-order valence-electron chi connectivity index (χ0n) is 13.3. The van der Waals surface area contributed by atoms with Crippen molar-refractivity contribution in [3.63, 3.8) is 0 Å². The molecule has 2 aromatic rings. The Balaban J connectivity index is 1.63. The molecule has 1 aliphatic heterocycles. The van der Waals surface area contributed by atoms with Crippen molar-refractivity contribution in [3.05, 3.63) is 35.8 Å². The Labute approximate surface area is 131 Å². The van der Waals surface area contributed by atoms with E-state index in [9.17, 15) is 0 Å². The first-order chi connectivity index (χ1) is 10.7. The fourth-order valence-electron chi connectivity index (χ4n) is 2.94. The van der Waals surface area contributed by atoms with Gasteiger partial charge in [-0.05, 0) is 33.2 Å². The third-order valence-corrected chi connectivity index (χ3v) is 4.16. The van der Waals surface area contributed by atoms with Gasteiger partial charge < -0.3 is 15.2 Å². The first-order valence-corrected chi connectivity index (χ1v) is 8.00. The van der Waals surface area contributed by atoms with Crippen LogP contribution in [-0.2, 0) is 6.54 Å². The van der Waals surface area contributed by atoms with E-state index in [0.717, 1.165) is 49.3 Å². The summed E-state index contributed by atoms with van der Waals surface area (Å²) < 4.78 is 2.13. The van der Waals surface area contributed by atoms with Crippen LogP contribution in [0.3, 0.4) is 0 Å². The number of imidazole rings is 1. The molecule has 1 aliphatic rings. The Kier molecular flexibility index (Phi) is 4.68. The summed E-state index contributed by atoms with van der Waals surface area (Å²) in [6.07, 6.45) is 6.26. The van der Waals surface area contributed by atoms with Gasteiger partial charge in [-0.25, -0.2) is 15.0 Å². The van der Waals surface area contributed by atoms with Crippen molar-refractivity contribution in [1.29, 1.82) is 0 Å². The van der Waals surface area contributed by atoms with Crippen molar-refractivity contribution in [2.75, 3.05) is 25.0 Å². The maximum Gasteiger partial charge on any atom is 0.129 e. The number of hydrogen-bond acceptors (Lipinski definition) is 5. The molecule has 0 spiro atoms. The van der Waals surface area contributed by atoms with E-state index >= 15 is 0 Å². The van der Waals surface area contributed by atoms with E-state index in [-0.39, 0.29) is 0 Å². The van der Waals surface area contributed by atoms with Gasteiger partial charge in [0.15, 0.2) is 0 Å². The maximum atomic E-state index is 4.62. The van der Waals surface area contributed by atoms with Gasteiger partial charge in [-0.2, -0.15) is 0 Å². The number of aromatic nitrogens is 4. The average Bonchev–Trinajstić information content (AvgIpc) is 2.93. The molecule has 0 radical (unpaired) electrons. The molecule has 2 N–H and O–H groups in total. The molecule has 0 amide bonds. The molecular weight excluding hydrogens is 276 g/mol. The van der Waals surface area contributed by atoms with Crippen molar-refractivity contribution < 1.29 is 0 Å². The van der Waals surface area contributed by atoms with Crippen LogP contribution in [0.15, 0.2) is 18.5 Å². The summed E-state index contributed by atoms with van der Waals surface area (Å²) in [7, 11) is 0. The summed E-state index contributed by atoms with van der Waals surface area (Å²) in [5.41, 5.74) is 1.15. The van der Waals surface area contributed by atoms with Crippen LogP contribution in [0.1, 0.15) is 36.1 Å². The summed E-state index contributed by atoms with van der Waals surface area (Å²) in [6, 6.07) is 2.10. The number of rotatable bonds is 5. The largest absolute Gasteiger partial charge is 0.368 e. The lowest BCUT2D eigenvalue weighted by molar-refractivity contribution is 0.453. The minimum atomic E-state index is 0.506. The molecule has 6 nitrogen and oxygen atoms in total. The number of hydrogen-bond donors (Lipinski definition) is 2. The van der Waals surface area contributed by atoms with Crippen LogP contribution in [0.2, 0.25) is 0 Å². The molecule has 1 saturated heterocycles. The summed E-state index contributed by atoms with van der Waals surface area (Å²) in [5, 5.41) is 6.86. The highest BCUT2D eigenvalue weighted by atomic mass is 15.1. The van der Waals surface area contributed by atoms with Gasteiger partial charge >= 0.3 is 0 Å². The Morgan fingerprint density at radius 1 is 1.36 bits per heavy atom. The number of aryl methyl sites for hydroxylation is 2. The van der Waals surface area contributed by atoms with Crippen LogP contribution in [-0.4, -0.2) is 39.2 Å². The lowest BCUT2D eigenvalue weighted by Crippen LogP contribution is -2.29. The second-order valence-electron chi connectivity index (χ2n) is 5.86. The second-order valence-corrected chi connectivity index (χ2v) is 5.86. The Hall–Kier alpha value is -1.95. The molecule has 1 unspecified atom stereocenters. The molecule has 118 valence electrons. The van der Waals surface area contributed by atoms with E-state index in [1.54, 1.807) is 0 Å². The molecule has 2 aromatic heterocycles. The summed E-state index contributed by atoms with van der Waals surface area (Å²) >= 11 is 0. The highest BCUT2D eigenvalue weighted by Gasteiger charge is 2.17. The summed E-state index contributed by atoms with van der Waals surface area (Å²) in [4.78, 5) is 13.4. The Morgan fingerprint density at radius 3 is 3.00 bits per heavy atom. The molecule has 0 saturated carbocycles. The van der Waals surface area contributed by atoms with Crippen molar-refractivity contribution >= 4 is 5.82 Å². The fourth-order valence-corrected chi connectivity index (χ4v) is 2.94. The van der Waals surface area contributed by atoms with E-state index in [4.69, 9.17) is 0 Å². The molecule has 0 aromatic carbocycles. The predicted molar refractivity (Wildman–Crippen MR) is 87.1 cm³/mol. The monoisotopic (exact) mass is 300 g/mol. The highest BCUT2D eigenvalue weighted by molar-refractivity contribution is 5.37. The standard InChI is InChI=1S/C16H24N6/c1-12-20-15(14-4-3-5-17-11-14)10-16(21-12)19-7-9-22-8-6-18-13(22)2/h6,8,10,14,17H,3-5,7,9,11H2,1-2H3,(H,19,20,21). The molecule has 6 heteroatoms. The normalized spacial score (nSPS) is 18.4. The van der Waals surface area contributed by atoms with Gasteiger partial charge in [0, 0.05) is 44.0 Å². The summed E-state index contributed by atoms with van der Waals surface area (Å²) in [6.45, 7) is 7.83. The molecule has 22 heavy (non-hydrogen) atoms. The van der Waals surface area contributed by atoms with E-state index < -0.39 is 0 Å². The molecule has 1 fully saturated rings. The molecular formula is C16H24N6. The first kappa shape index (κ1) is 15.0. The van der Waals surface area contributed by atoms with Crippen LogP contribution in [0.5, 0.6) is 0 Å². The topological polar surface area (TPSA) is 67.7 Å². The highest BCUT2D eigenvalue weighted by Crippen LogP contribution is 2.23. The van der Waals surface area contributed by atoms with Gasteiger partial charge in [-0.1, -0.05) is 0 Å². The van der Waals surface area contributed by atoms with Crippen LogP contribution in [0.25, 0.3) is 0 Å². The van der Waals surface area contributed by atoms with E-state index in [1.165, 1.54) is 12.8 Å².